The Bertz CT molecular complexity index is 4560. The number of amides is 6. The van der Waals surface area contributed by atoms with Crippen molar-refractivity contribution in [2.75, 3.05) is 44.2 Å². The van der Waals surface area contributed by atoms with Crippen molar-refractivity contribution in [3.8, 4) is 35.1 Å². The van der Waals surface area contributed by atoms with Gasteiger partial charge in [0.25, 0.3) is 23.6 Å². The number of rotatable bonds is 25. The third-order valence-electron chi connectivity index (χ3n) is 23.1. The van der Waals surface area contributed by atoms with Gasteiger partial charge >= 0.3 is 49.4 Å². The van der Waals surface area contributed by atoms with Gasteiger partial charge in [0.2, 0.25) is 11.8 Å². The molecule has 2 atom stereocenters. The molecule has 29 nitrogen and oxygen atoms in total. The summed E-state index contributed by atoms with van der Waals surface area (Å²) in [5.74, 6) is 2.19. The van der Waals surface area contributed by atoms with Crippen LogP contribution in [-0.4, -0.2) is 199 Å². The van der Waals surface area contributed by atoms with Crippen molar-refractivity contribution in [3.63, 3.8) is 0 Å². The summed E-state index contributed by atoms with van der Waals surface area (Å²) in [6, 6.07) is 21.6. The molecule has 6 amide bonds. The first-order valence-electron chi connectivity index (χ1n) is 41.1. The zero-order chi connectivity index (χ0) is 85.4. The van der Waals surface area contributed by atoms with Crippen LogP contribution in [0.4, 0.5) is 5.82 Å². The monoisotopic (exact) mass is 1960 g/mol. The Morgan fingerprint density at radius 1 is 0.517 bits per heavy atom. The summed E-state index contributed by atoms with van der Waals surface area (Å²) in [6.07, 6.45) is 25.3. The summed E-state index contributed by atoms with van der Waals surface area (Å²) >= 11 is 22.6. The average Bonchev–Trinajstić information content (AvgIpc) is 0.808. The SMILES string of the molecule is CC(C)N(CC1CCN(c2cnc(C(=O)NC3CCC(Oc4ccc(C#N)c(Cl)c4)CC3)cn2)CC1)C1CC(Oc2ccc(C(=O)NC3CCC(=O)NC3=O)nc2)C1.CC(C)N(CC1CCNCC1)C1CC(Oc2ccc(C(=O)NC3CCC(=O)CC3=O)nc2)C1.N#Cc1ccc(OC2CCC(NC(=O)c3cnc(Cl)cn3)CC2)cc1Cl.[I][V][I]. The van der Waals surface area contributed by atoms with E-state index >= 15 is 0 Å². The van der Waals surface area contributed by atoms with Crippen LogP contribution in [0.25, 0.3) is 0 Å². The average molecular weight is 1960 g/mol. The van der Waals surface area contributed by atoms with Crippen molar-refractivity contribution in [2.45, 2.75) is 235 Å². The van der Waals surface area contributed by atoms with E-state index in [1.54, 1.807) is 79.3 Å². The molecule has 4 aromatic heterocycles. The Balaban J connectivity index is 0.000000191. The molecule has 7 heterocycles. The quantitative estimate of drug-likeness (QED) is 0.0176. The Kier molecular flexibility index (Phi) is 35.5. The van der Waals surface area contributed by atoms with Gasteiger partial charge in [-0.1, -0.05) is 34.8 Å². The van der Waals surface area contributed by atoms with Crippen LogP contribution in [0, 0.1) is 34.5 Å². The van der Waals surface area contributed by atoms with E-state index in [9.17, 15) is 38.4 Å². The number of aromatic nitrogens is 6. The molecule has 5 saturated carbocycles. The zero-order valence-corrected chi connectivity index (χ0v) is 75.5. The van der Waals surface area contributed by atoms with Gasteiger partial charge in [0, 0.05) is 113 Å². The van der Waals surface area contributed by atoms with Crippen LogP contribution in [-0.2, 0) is 28.6 Å². The number of hydrogen-bond donors (Lipinski definition) is 6. The number of hydrogen-bond acceptors (Lipinski definition) is 24. The predicted octanol–water partition coefficient (Wildman–Crippen LogP) is 12.3. The number of imide groups is 1. The molecule has 14 rings (SSSR count). The van der Waals surface area contributed by atoms with E-state index in [1.807, 2.05) is 6.07 Å². The Morgan fingerprint density at radius 2 is 0.950 bits per heavy atom. The van der Waals surface area contributed by atoms with E-state index in [-0.39, 0.29) is 107 Å². The van der Waals surface area contributed by atoms with Crippen molar-refractivity contribution in [2.24, 2.45) is 11.8 Å². The molecule has 0 spiro atoms. The summed E-state index contributed by atoms with van der Waals surface area (Å²) in [5, 5.41) is 36.1. The van der Waals surface area contributed by atoms with E-state index < -0.39 is 29.8 Å². The third kappa shape index (κ3) is 27.5. The molecule has 3 saturated heterocycles. The first kappa shape index (κ1) is 92.7. The number of ether oxygens (including phenoxy) is 4. The molecule has 2 unspecified atom stereocenters. The minimum atomic E-state index is -0.755. The van der Waals surface area contributed by atoms with Crippen molar-refractivity contribution in [1.82, 2.24) is 71.6 Å². The number of carbonyl (C=O) groups is 8. The van der Waals surface area contributed by atoms with Gasteiger partial charge in [0.15, 0.2) is 5.78 Å². The summed E-state index contributed by atoms with van der Waals surface area (Å²) in [4.78, 5) is 130. The number of benzene rings is 2. The van der Waals surface area contributed by atoms with Crippen LogP contribution in [0.5, 0.6) is 23.0 Å². The summed E-state index contributed by atoms with van der Waals surface area (Å²) in [5.41, 5.74) is 1.82. The molecule has 120 heavy (non-hydrogen) atoms. The fraction of sp³-hybridized carbons (Fsp3) is 0.529. The number of nitriles is 2. The number of anilines is 1. The maximum absolute atomic E-state index is 13.0. The first-order chi connectivity index (χ1) is 57.8. The normalized spacial score (nSPS) is 23.0. The number of nitrogens with zero attached hydrogens (tertiary/aromatic N) is 11. The predicted molar refractivity (Wildman–Crippen MR) is 464 cm³/mol. The Labute approximate surface area is 743 Å². The Hall–Kier alpha value is -7.97. The number of halogens is 5. The minimum absolute atomic E-state index is 0.0227. The van der Waals surface area contributed by atoms with Gasteiger partial charge in [-0.25, -0.2) is 29.9 Å². The van der Waals surface area contributed by atoms with Gasteiger partial charge < -0.3 is 50.4 Å². The standard InChI is InChI=1S/C42H50ClN9O6.C25H36N4O4.C18H16Cl2N4O2.2HI.V/c1-25(2)52(29-17-33(18-29)58-32-9-10-35(45-21-32)40(54)49-36-11-12-39(53)50-41(36)55)24-26-13-15-51(16-14-26)38-23-46-37(22-47-38)42(56)48-28-4-7-30(8-5-28)57-31-6-3-27(20-44)34(43)19-31;1-16(2)29(15-17-7-9-26-10-8-17)18-11-21(12-18)33-20-4-6-23(27-14-20)25(32)28-22-5-3-19(30)13-24(22)31;19-15-7-14(4-1-11(15)8-21)26-13-5-2-12(3-6-13)24-18(25)16-9-23-17(20)10-22-16;;;/h3,6,9-10,19,21-23,25-26,28-30,33,36H,4-5,7-8,11-18,24H2,1-2H3,(H,48,56)(H,49,54)(H,50,53,55);4,6,14,16-18,21-22,26H,3,5,7-13,15H2,1-2H3,(H,28,32);1,4,7,9-10,12-13H,2-3,5-6H2,(H,24,25);2*1H;/q;;;;;+2/p-2. The van der Waals surface area contributed by atoms with Gasteiger partial charge in [0.05, 0.1) is 83.0 Å². The zero-order valence-electron chi connectivity index (χ0n) is 67.6. The fourth-order valence-electron chi connectivity index (χ4n) is 16.2. The number of Topliss-reactive ketones (excluding diaryl/α,β-unsaturated/α-hetero) is 2. The topological polar surface area (TPSA) is 380 Å². The summed E-state index contributed by atoms with van der Waals surface area (Å²) < 4.78 is 24.3. The molecule has 8 aliphatic rings. The molecular weight excluding hydrogens is 1860 g/mol. The van der Waals surface area contributed by atoms with Crippen LogP contribution in [0.3, 0.4) is 0 Å². The second-order valence-electron chi connectivity index (χ2n) is 32.1. The first-order valence-corrected chi connectivity index (χ1v) is 51.3. The van der Waals surface area contributed by atoms with Crippen molar-refractivity contribution < 1.29 is 66.8 Å². The van der Waals surface area contributed by atoms with E-state index in [1.165, 1.54) is 38.0 Å². The molecule has 35 heteroatoms. The molecule has 3 aliphatic heterocycles. The summed E-state index contributed by atoms with van der Waals surface area (Å²) in [7, 11) is 0.628. The second kappa shape index (κ2) is 46.0. The molecule has 8 fully saturated rings. The van der Waals surface area contributed by atoms with Crippen molar-refractivity contribution >= 4 is 128 Å². The molecule has 2 aromatic carbocycles. The van der Waals surface area contributed by atoms with E-state index in [4.69, 9.17) is 64.3 Å². The number of ketones is 2. The van der Waals surface area contributed by atoms with Gasteiger partial charge in [-0.3, -0.25) is 53.5 Å². The molecule has 639 valence electrons. The Morgan fingerprint density at radius 3 is 1.37 bits per heavy atom. The molecule has 6 aromatic rings. The molecule has 0 radical (unpaired) electrons. The number of piperidine rings is 3. The van der Waals surface area contributed by atoms with Crippen molar-refractivity contribution in [3.05, 3.63) is 147 Å². The third-order valence-corrected chi connectivity index (χ3v) is 23.9. The second-order valence-corrected chi connectivity index (χ2v) is 45.1. The molecule has 5 aliphatic carbocycles. The molecule has 6 N–H and O–H groups in total. The molecule has 0 bridgehead atoms. The number of nitrogens with one attached hydrogen (secondary N) is 6. The summed E-state index contributed by atoms with van der Waals surface area (Å²) in [6.45, 7) is 15.2. The van der Waals surface area contributed by atoms with Gasteiger partial charge in [-0.2, -0.15) is 10.5 Å². The van der Waals surface area contributed by atoms with Gasteiger partial charge in [-0.15, -0.1) is 0 Å². The van der Waals surface area contributed by atoms with Crippen LogP contribution in [0.15, 0.2) is 97.8 Å². The van der Waals surface area contributed by atoms with E-state index in [2.05, 4.69) is 150 Å². The van der Waals surface area contributed by atoms with Crippen LogP contribution < -0.4 is 55.7 Å². The number of pyridine rings is 2. The van der Waals surface area contributed by atoms with Crippen LogP contribution >= 0.6 is 74.8 Å². The van der Waals surface area contributed by atoms with E-state index in [0.717, 1.165) is 134 Å². The van der Waals surface area contributed by atoms with Crippen LogP contribution in [0.1, 0.15) is 216 Å². The van der Waals surface area contributed by atoms with E-state index in [0.29, 0.717) is 102 Å². The van der Waals surface area contributed by atoms with Crippen LogP contribution in [0.2, 0.25) is 15.2 Å². The molecular formula is C85H102Cl3I2N17O12V. The van der Waals surface area contributed by atoms with Gasteiger partial charge in [0.1, 0.15) is 92.9 Å². The van der Waals surface area contributed by atoms with Crippen molar-refractivity contribution in [1.29, 1.82) is 10.5 Å². The number of carbonyl (C=O) groups excluding carboxylic acids is 8. The van der Waals surface area contributed by atoms with Gasteiger partial charge in [-0.05, 0) is 191 Å². The maximum atomic E-state index is 13.0. The fourth-order valence-corrected chi connectivity index (χ4v) is 16.7.